The van der Waals surface area contributed by atoms with E-state index in [2.05, 4.69) is 32.9 Å². The maximum absolute atomic E-state index is 11.5. The smallest absolute Gasteiger partial charge is 0.282 e. The number of aryl methyl sites for hydroxylation is 1. The van der Waals surface area contributed by atoms with Gasteiger partial charge in [0.15, 0.2) is 0 Å². The van der Waals surface area contributed by atoms with Crippen LogP contribution in [-0.4, -0.2) is 27.8 Å². The predicted molar refractivity (Wildman–Crippen MR) is 73.2 cm³/mol. The van der Waals surface area contributed by atoms with E-state index in [1.807, 2.05) is 6.08 Å². The number of thioether (sulfide) groups is 1. The molecule has 1 aromatic heterocycles. The molecule has 1 N–H and O–H groups in total. The van der Waals surface area contributed by atoms with Crippen molar-refractivity contribution in [3.8, 4) is 0 Å². The van der Waals surface area contributed by atoms with Crippen LogP contribution in [0.1, 0.15) is 0 Å². The van der Waals surface area contributed by atoms with Crippen molar-refractivity contribution in [1.82, 2.24) is 9.78 Å². The summed E-state index contributed by atoms with van der Waals surface area (Å²) in [5.74, 6) is 1.91. The topological polar surface area (TPSA) is 46.9 Å². The molecule has 0 aliphatic heterocycles. The van der Waals surface area contributed by atoms with Gasteiger partial charge in [0, 0.05) is 25.1 Å². The van der Waals surface area contributed by atoms with E-state index in [9.17, 15) is 4.79 Å². The van der Waals surface area contributed by atoms with Crippen molar-refractivity contribution in [2.24, 2.45) is 7.05 Å². The zero-order valence-electron chi connectivity index (χ0n) is 9.07. The number of aromatic nitrogens is 2. The van der Waals surface area contributed by atoms with Gasteiger partial charge in [0.2, 0.25) is 0 Å². The zero-order valence-corrected chi connectivity index (χ0v) is 11.5. The van der Waals surface area contributed by atoms with Gasteiger partial charge in [-0.2, -0.15) is 16.9 Å². The van der Waals surface area contributed by atoms with Crippen molar-refractivity contribution in [2.45, 2.75) is 0 Å². The van der Waals surface area contributed by atoms with Crippen LogP contribution >= 0.6 is 27.7 Å². The monoisotopic (exact) mass is 303 g/mol. The lowest BCUT2D eigenvalue weighted by Crippen LogP contribution is -2.21. The van der Waals surface area contributed by atoms with Gasteiger partial charge < -0.3 is 5.32 Å². The van der Waals surface area contributed by atoms with Crippen LogP contribution in [0.15, 0.2) is 28.1 Å². The molecule has 0 bridgehead atoms. The Kier molecular flexibility index (Phi) is 5.62. The fourth-order valence-electron chi connectivity index (χ4n) is 1.06. The first kappa shape index (κ1) is 13.3. The van der Waals surface area contributed by atoms with Crippen LogP contribution in [0, 0.1) is 0 Å². The first-order valence-corrected chi connectivity index (χ1v) is 6.76. The Balaban J connectivity index is 2.52. The largest absolute Gasteiger partial charge is 0.382 e. The number of halogens is 1. The van der Waals surface area contributed by atoms with Crippen molar-refractivity contribution in [1.29, 1.82) is 0 Å². The summed E-state index contributed by atoms with van der Waals surface area (Å²) >= 11 is 5.04. The molecule has 1 aromatic rings. The van der Waals surface area contributed by atoms with Crippen molar-refractivity contribution in [3.63, 3.8) is 0 Å². The van der Waals surface area contributed by atoms with Crippen LogP contribution in [-0.2, 0) is 7.05 Å². The highest BCUT2D eigenvalue weighted by Crippen LogP contribution is 2.15. The minimum absolute atomic E-state index is 0.135. The molecule has 4 nitrogen and oxygen atoms in total. The highest BCUT2D eigenvalue weighted by atomic mass is 79.9. The third-order valence-electron chi connectivity index (χ3n) is 1.88. The summed E-state index contributed by atoms with van der Waals surface area (Å²) in [7, 11) is 1.62. The Morgan fingerprint density at radius 3 is 3.19 bits per heavy atom. The first-order chi connectivity index (χ1) is 7.66. The van der Waals surface area contributed by atoms with Crippen LogP contribution in [0.4, 0.5) is 5.69 Å². The van der Waals surface area contributed by atoms with Crippen molar-refractivity contribution < 1.29 is 0 Å². The summed E-state index contributed by atoms with van der Waals surface area (Å²) in [5, 5.41) is 7.11. The molecule has 0 aromatic carbocycles. The molecule has 1 heterocycles. The summed E-state index contributed by atoms with van der Waals surface area (Å²) in [5.41, 5.74) is 0.603. The fourth-order valence-corrected chi connectivity index (χ4v) is 2.14. The molecule has 0 saturated heterocycles. The number of nitrogens with one attached hydrogen (secondary N) is 1. The van der Waals surface area contributed by atoms with E-state index in [0.29, 0.717) is 4.47 Å². The van der Waals surface area contributed by atoms with Gasteiger partial charge in [-0.3, -0.25) is 4.79 Å². The number of rotatable bonds is 6. The van der Waals surface area contributed by atoms with Gasteiger partial charge in [-0.05, 0) is 15.9 Å². The normalized spacial score (nSPS) is 10.1. The number of hydrogen-bond donors (Lipinski definition) is 1. The number of hydrogen-bond acceptors (Lipinski definition) is 4. The molecule has 0 aliphatic carbocycles. The van der Waals surface area contributed by atoms with E-state index < -0.39 is 0 Å². The second kappa shape index (κ2) is 6.75. The maximum Gasteiger partial charge on any atom is 0.282 e. The Morgan fingerprint density at radius 1 is 1.75 bits per heavy atom. The standard InChI is InChI=1S/C10H14BrN3OS/c1-3-5-16-6-4-12-8-7-13-14(2)10(15)9(8)11/h3,7,12H,1,4-6H2,2H3. The van der Waals surface area contributed by atoms with Crippen LogP contribution < -0.4 is 10.9 Å². The number of anilines is 1. The Labute approximate surface area is 107 Å². The molecule has 0 aliphatic rings. The van der Waals surface area contributed by atoms with Crippen molar-refractivity contribution in [2.75, 3.05) is 23.4 Å². The molecule has 0 unspecified atom stereocenters. The highest BCUT2D eigenvalue weighted by molar-refractivity contribution is 9.10. The lowest BCUT2D eigenvalue weighted by Gasteiger charge is -2.07. The summed E-state index contributed by atoms with van der Waals surface area (Å²) in [6.07, 6.45) is 3.52. The van der Waals surface area contributed by atoms with Crippen LogP contribution in [0.3, 0.4) is 0 Å². The van der Waals surface area contributed by atoms with Gasteiger partial charge in [-0.15, -0.1) is 6.58 Å². The lowest BCUT2D eigenvalue weighted by atomic mass is 10.4. The molecule has 88 valence electrons. The minimum atomic E-state index is -0.135. The molecule has 6 heteroatoms. The Morgan fingerprint density at radius 2 is 2.50 bits per heavy atom. The summed E-state index contributed by atoms with van der Waals surface area (Å²) < 4.78 is 1.82. The molecule has 1 rings (SSSR count). The third kappa shape index (κ3) is 3.68. The fraction of sp³-hybridized carbons (Fsp3) is 0.400. The molecular formula is C10H14BrN3OS. The van der Waals surface area contributed by atoms with E-state index in [1.165, 1.54) is 4.68 Å². The van der Waals surface area contributed by atoms with E-state index in [1.54, 1.807) is 25.0 Å². The minimum Gasteiger partial charge on any atom is -0.382 e. The molecule has 16 heavy (non-hydrogen) atoms. The Bertz CT molecular complexity index is 419. The van der Waals surface area contributed by atoms with Gasteiger partial charge in [0.05, 0.1) is 11.9 Å². The molecule has 0 saturated carbocycles. The van der Waals surface area contributed by atoms with E-state index in [0.717, 1.165) is 23.7 Å². The second-order valence-corrected chi connectivity index (χ2v) is 5.03. The molecule has 0 spiro atoms. The van der Waals surface area contributed by atoms with Gasteiger partial charge in [-0.25, -0.2) is 4.68 Å². The predicted octanol–water partition coefficient (Wildman–Crippen LogP) is 1.87. The SMILES string of the molecule is C=CCSCCNc1cnn(C)c(=O)c1Br. The van der Waals surface area contributed by atoms with Gasteiger partial charge in [0.1, 0.15) is 4.47 Å². The summed E-state index contributed by atoms with van der Waals surface area (Å²) in [4.78, 5) is 11.5. The zero-order chi connectivity index (χ0) is 12.0. The average Bonchev–Trinajstić information content (AvgIpc) is 2.28. The first-order valence-electron chi connectivity index (χ1n) is 4.81. The molecule has 0 amide bonds. The van der Waals surface area contributed by atoms with Gasteiger partial charge >= 0.3 is 0 Å². The number of nitrogens with zero attached hydrogens (tertiary/aromatic N) is 2. The third-order valence-corrected chi connectivity index (χ3v) is 3.61. The molecular weight excluding hydrogens is 290 g/mol. The van der Waals surface area contributed by atoms with Crippen LogP contribution in [0.5, 0.6) is 0 Å². The van der Waals surface area contributed by atoms with Crippen molar-refractivity contribution >= 4 is 33.4 Å². The molecule has 0 fully saturated rings. The summed E-state index contributed by atoms with van der Waals surface area (Å²) in [6, 6.07) is 0. The van der Waals surface area contributed by atoms with E-state index in [-0.39, 0.29) is 5.56 Å². The van der Waals surface area contributed by atoms with Crippen LogP contribution in [0.25, 0.3) is 0 Å². The van der Waals surface area contributed by atoms with Gasteiger partial charge in [0.25, 0.3) is 5.56 Å². The highest BCUT2D eigenvalue weighted by Gasteiger charge is 2.05. The van der Waals surface area contributed by atoms with E-state index >= 15 is 0 Å². The summed E-state index contributed by atoms with van der Waals surface area (Å²) in [6.45, 7) is 4.45. The van der Waals surface area contributed by atoms with Crippen molar-refractivity contribution in [3.05, 3.63) is 33.7 Å². The lowest BCUT2D eigenvalue weighted by molar-refractivity contribution is 0.703. The van der Waals surface area contributed by atoms with Crippen LogP contribution in [0.2, 0.25) is 0 Å². The quantitative estimate of drug-likeness (QED) is 0.644. The van der Waals surface area contributed by atoms with Gasteiger partial charge in [-0.1, -0.05) is 6.08 Å². The Hall–Kier alpha value is -0.750. The molecule has 0 radical (unpaired) electrons. The van der Waals surface area contributed by atoms with E-state index in [4.69, 9.17) is 0 Å². The average molecular weight is 304 g/mol. The maximum atomic E-state index is 11.5. The molecule has 0 atom stereocenters. The second-order valence-electron chi connectivity index (χ2n) is 3.09.